The van der Waals surface area contributed by atoms with Crippen LogP contribution in [0.5, 0.6) is 0 Å². The Morgan fingerprint density at radius 2 is 1.75 bits per heavy atom. The number of likely N-dealkylation sites (tertiary alicyclic amines) is 1. The molecule has 5 heteroatoms. The number of pyridine rings is 1. The molecule has 0 bridgehead atoms. The second-order valence-electron chi connectivity index (χ2n) is 8.08. The van der Waals surface area contributed by atoms with E-state index in [1.54, 1.807) is 0 Å². The maximum atomic E-state index is 4.94. The van der Waals surface area contributed by atoms with Gasteiger partial charge in [0.2, 0.25) is 0 Å². The summed E-state index contributed by atoms with van der Waals surface area (Å²) in [7, 11) is 2.27. The van der Waals surface area contributed by atoms with Crippen molar-refractivity contribution in [1.82, 2.24) is 24.3 Å². The van der Waals surface area contributed by atoms with Crippen LogP contribution in [0.4, 0.5) is 0 Å². The van der Waals surface area contributed by atoms with Gasteiger partial charge < -0.3 is 4.57 Å². The summed E-state index contributed by atoms with van der Waals surface area (Å²) in [6.45, 7) is 5.31. The summed E-state index contributed by atoms with van der Waals surface area (Å²) >= 11 is 0. The summed E-state index contributed by atoms with van der Waals surface area (Å²) in [5.41, 5.74) is 3.80. The highest BCUT2D eigenvalue weighted by molar-refractivity contribution is 5.58. The fourth-order valence-corrected chi connectivity index (χ4v) is 4.88. The number of nitrogens with zero attached hydrogens (tertiary/aromatic N) is 5. The van der Waals surface area contributed by atoms with Crippen molar-refractivity contribution in [2.45, 2.75) is 31.5 Å². The molecule has 5 rings (SSSR count). The molecule has 3 aromatic rings. The zero-order valence-electron chi connectivity index (χ0n) is 16.5. The standard InChI is InChI=1S/C23H27N5/c1-26-14-15-28-21(20-8-5-11-24-16-20)17-25-22(28)23(26)9-12-27(13-10-23)18-19-6-3-2-4-7-19/h2-8,11,16-17H,9-10,12-15,18H2,1H3. The van der Waals surface area contributed by atoms with E-state index in [2.05, 4.69) is 62.8 Å². The highest BCUT2D eigenvalue weighted by atomic mass is 15.3. The van der Waals surface area contributed by atoms with Crippen molar-refractivity contribution in [3.63, 3.8) is 0 Å². The smallest absolute Gasteiger partial charge is 0.129 e. The highest BCUT2D eigenvalue weighted by Gasteiger charge is 2.45. The van der Waals surface area contributed by atoms with Crippen LogP contribution in [0, 0.1) is 0 Å². The van der Waals surface area contributed by atoms with Crippen LogP contribution in [0.15, 0.2) is 61.1 Å². The molecule has 2 aliphatic heterocycles. The first-order valence-electron chi connectivity index (χ1n) is 10.2. The van der Waals surface area contributed by atoms with E-state index in [0.29, 0.717) is 0 Å². The third-order valence-electron chi connectivity index (χ3n) is 6.55. The molecule has 0 unspecified atom stereocenters. The molecule has 2 aliphatic rings. The maximum Gasteiger partial charge on any atom is 0.129 e. The monoisotopic (exact) mass is 373 g/mol. The molecule has 0 atom stereocenters. The van der Waals surface area contributed by atoms with Gasteiger partial charge in [0.1, 0.15) is 5.82 Å². The van der Waals surface area contributed by atoms with Gasteiger partial charge in [0.15, 0.2) is 0 Å². The van der Waals surface area contributed by atoms with Crippen LogP contribution in [0.3, 0.4) is 0 Å². The lowest BCUT2D eigenvalue weighted by Gasteiger charge is -2.49. The van der Waals surface area contributed by atoms with Gasteiger partial charge >= 0.3 is 0 Å². The highest BCUT2D eigenvalue weighted by Crippen LogP contribution is 2.41. The molecule has 0 saturated carbocycles. The molecule has 0 aliphatic carbocycles. The Morgan fingerprint density at radius 3 is 2.50 bits per heavy atom. The summed E-state index contributed by atoms with van der Waals surface area (Å²) in [5, 5.41) is 0. The molecule has 2 aromatic heterocycles. The van der Waals surface area contributed by atoms with Gasteiger partial charge in [0, 0.05) is 50.7 Å². The van der Waals surface area contributed by atoms with Crippen molar-refractivity contribution in [1.29, 1.82) is 0 Å². The molecule has 1 aromatic carbocycles. The third-order valence-corrected chi connectivity index (χ3v) is 6.55. The Morgan fingerprint density at radius 1 is 0.929 bits per heavy atom. The van der Waals surface area contributed by atoms with Gasteiger partial charge in [-0.15, -0.1) is 0 Å². The fraction of sp³-hybridized carbons (Fsp3) is 0.391. The van der Waals surface area contributed by atoms with Gasteiger partial charge in [-0.3, -0.25) is 14.8 Å². The Bertz CT molecular complexity index is 926. The molecule has 5 nitrogen and oxygen atoms in total. The van der Waals surface area contributed by atoms with Crippen LogP contribution >= 0.6 is 0 Å². The lowest BCUT2D eigenvalue weighted by atomic mass is 9.83. The van der Waals surface area contributed by atoms with Crippen molar-refractivity contribution < 1.29 is 0 Å². The molecule has 0 radical (unpaired) electrons. The third kappa shape index (κ3) is 2.95. The number of aromatic nitrogens is 3. The maximum absolute atomic E-state index is 4.94. The van der Waals surface area contributed by atoms with Crippen LogP contribution in [-0.2, 0) is 18.6 Å². The number of likely N-dealkylation sites (N-methyl/N-ethyl adjacent to an activating group) is 1. The average Bonchev–Trinajstić information content (AvgIpc) is 3.19. The molecule has 0 amide bonds. The normalized spacial score (nSPS) is 19.6. The van der Waals surface area contributed by atoms with Gasteiger partial charge in [-0.05, 0) is 37.6 Å². The second-order valence-corrected chi connectivity index (χ2v) is 8.08. The lowest BCUT2D eigenvalue weighted by Crippen LogP contribution is -2.56. The van der Waals surface area contributed by atoms with Crippen LogP contribution in [0.25, 0.3) is 11.3 Å². The Labute approximate surface area is 166 Å². The van der Waals surface area contributed by atoms with Crippen LogP contribution in [0.1, 0.15) is 24.2 Å². The summed E-state index contributed by atoms with van der Waals surface area (Å²) < 4.78 is 2.43. The van der Waals surface area contributed by atoms with E-state index in [4.69, 9.17) is 4.98 Å². The van der Waals surface area contributed by atoms with Crippen LogP contribution in [-0.4, -0.2) is 51.0 Å². The first-order chi connectivity index (χ1) is 13.8. The van der Waals surface area contributed by atoms with Crippen molar-refractivity contribution >= 4 is 0 Å². The summed E-state index contributed by atoms with van der Waals surface area (Å²) in [5.74, 6) is 1.24. The SMILES string of the molecule is CN1CCn2c(-c3cccnc3)cnc2C12CCN(Cc1ccccc1)CC2. The average molecular weight is 374 g/mol. The minimum atomic E-state index is 0.0475. The summed E-state index contributed by atoms with van der Waals surface area (Å²) in [6.07, 6.45) is 8.07. The van der Waals surface area contributed by atoms with E-state index in [9.17, 15) is 0 Å². The quantitative estimate of drug-likeness (QED) is 0.705. The van der Waals surface area contributed by atoms with E-state index >= 15 is 0 Å². The number of piperidine rings is 1. The molecule has 28 heavy (non-hydrogen) atoms. The van der Waals surface area contributed by atoms with E-state index in [1.165, 1.54) is 17.1 Å². The number of rotatable bonds is 3. The predicted octanol–water partition coefficient (Wildman–Crippen LogP) is 3.38. The largest absolute Gasteiger partial charge is 0.325 e. The van der Waals surface area contributed by atoms with Crippen molar-refractivity contribution in [2.75, 3.05) is 26.7 Å². The van der Waals surface area contributed by atoms with E-state index in [-0.39, 0.29) is 5.54 Å². The number of fused-ring (bicyclic) bond motifs is 2. The first kappa shape index (κ1) is 17.6. The van der Waals surface area contributed by atoms with E-state index in [1.807, 2.05) is 24.7 Å². The fourth-order valence-electron chi connectivity index (χ4n) is 4.88. The van der Waals surface area contributed by atoms with Gasteiger partial charge in [-0.2, -0.15) is 0 Å². The number of hydrogen-bond acceptors (Lipinski definition) is 4. The summed E-state index contributed by atoms with van der Waals surface area (Å²) in [6, 6.07) is 14.9. The molecule has 1 fully saturated rings. The minimum Gasteiger partial charge on any atom is -0.325 e. The molecular weight excluding hydrogens is 346 g/mol. The van der Waals surface area contributed by atoms with Crippen molar-refractivity contribution in [2.24, 2.45) is 0 Å². The summed E-state index contributed by atoms with van der Waals surface area (Å²) in [4.78, 5) is 14.4. The van der Waals surface area contributed by atoms with Gasteiger partial charge in [0.25, 0.3) is 0 Å². The Balaban J connectivity index is 1.40. The number of hydrogen-bond donors (Lipinski definition) is 0. The molecular formula is C23H27N5. The zero-order chi connectivity index (χ0) is 19.0. The lowest BCUT2D eigenvalue weighted by molar-refractivity contribution is 0.00700. The Hall–Kier alpha value is -2.50. The van der Waals surface area contributed by atoms with Crippen molar-refractivity contribution in [3.8, 4) is 11.3 Å². The molecule has 4 heterocycles. The molecule has 0 N–H and O–H groups in total. The Kier molecular flexibility index (Phi) is 4.49. The molecule has 144 valence electrons. The van der Waals surface area contributed by atoms with E-state index < -0.39 is 0 Å². The minimum absolute atomic E-state index is 0.0475. The van der Waals surface area contributed by atoms with Crippen molar-refractivity contribution in [3.05, 3.63) is 72.4 Å². The first-order valence-corrected chi connectivity index (χ1v) is 10.2. The number of imidazole rings is 1. The molecule has 1 spiro atoms. The van der Waals surface area contributed by atoms with Gasteiger partial charge in [-0.25, -0.2) is 4.98 Å². The number of benzene rings is 1. The second kappa shape index (κ2) is 7.15. The topological polar surface area (TPSA) is 37.2 Å². The van der Waals surface area contributed by atoms with Crippen LogP contribution < -0.4 is 0 Å². The van der Waals surface area contributed by atoms with Crippen LogP contribution in [0.2, 0.25) is 0 Å². The van der Waals surface area contributed by atoms with E-state index in [0.717, 1.165) is 51.1 Å². The van der Waals surface area contributed by atoms with Gasteiger partial charge in [0.05, 0.1) is 17.4 Å². The zero-order valence-corrected chi connectivity index (χ0v) is 16.5. The molecule has 1 saturated heterocycles. The predicted molar refractivity (Wildman–Crippen MR) is 111 cm³/mol. The van der Waals surface area contributed by atoms with Gasteiger partial charge in [-0.1, -0.05) is 30.3 Å².